The summed E-state index contributed by atoms with van der Waals surface area (Å²) in [6, 6.07) is 0. The van der Waals surface area contributed by atoms with Gasteiger partial charge in [-0.3, -0.25) is 0 Å². The standard InChI is InChI=1S/C9H14F2/c1-7(11)9(2)6-8(9)4-3-5-10/h3-4,7-8H,5-6H2,1-2H3/b4-3-/t7-,8-,9-/m0/s1. The summed E-state index contributed by atoms with van der Waals surface area (Å²) in [5.74, 6) is 0.262. The van der Waals surface area contributed by atoms with Crippen molar-refractivity contribution in [2.75, 3.05) is 6.67 Å². The van der Waals surface area contributed by atoms with Crippen molar-refractivity contribution in [2.45, 2.75) is 26.4 Å². The Morgan fingerprint density at radius 1 is 1.73 bits per heavy atom. The molecule has 3 atom stereocenters. The SMILES string of the molecule is C[C@H](F)[C@]1(C)C[C@@H]1/C=C\CF. The molecule has 0 heterocycles. The number of hydrogen-bond donors (Lipinski definition) is 0. The Morgan fingerprint density at radius 3 is 2.73 bits per heavy atom. The minimum Gasteiger partial charge on any atom is -0.247 e. The molecule has 0 unspecified atom stereocenters. The van der Waals surface area contributed by atoms with Crippen molar-refractivity contribution in [3.05, 3.63) is 12.2 Å². The summed E-state index contributed by atoms with van der Waals surface area (Å²) in [5.41, 5.74) is -0.203. The zero-order valence-electron chi connectivity index (χ0n) is 6.98. The van der Waals surface area contributed by atoms with Gasteiger partial charge in [-0.2, -0.15) is 0 Å². The first-order valence-electron chi connectivity index (χ1n) is 3.98. The number of rotatable bonds is 3. The molecule has 0 amide bonds. The second-order valence-corrected chi connectivity index (χ2v) is 3.51. The first-order valence-corrected chi connectivity index (χ1v) is 3.98. The second kappa shape index (κ2) is 2.92. The molecular weight excluding hydrogens is 146 g/mol. The maximum absolute atomic E-state index is 12.8. The quantitative estimate of drug-likeness (QED) is 0.557. The molecule has 0 aliphatic heterocycles. The molecule has 1 aliphatic carbocycles. The molecule has 0 radical (unpaired) electrons. The molecule has 64 valence electrons. The Hall–Kier alpha value is -0.400. The highest BCUT2D eigenvalue weighted by Gasteiger charge is 2.52. The minimum atomic E-state index is -0.781. The van der Waals surface area contributed by atoms with Crippen LogP contribution in [-0.4, -0.2) is 12.8 Å². The first kappa shape index (κ1) is 8.69. The summed E-state index contributed by atoms with van der Waals surface area (Å²) in [6.07, 6.45) is 3.34. The highest BCUT2D eigenvalue weighted by atomic mass is 19.1. The Kier molecular flexibility index (Phi) is 2.31. The molecule has 1 fully saturated rings. The van der Waals surface area contributed by atoms with Crippen LogP contribution >= 0.6 is 0 Å². The van der Waals surface area contributed by atoms with E-state index < -0.39 is 12.8 Å². The van der Waals surface area contributed by atoms with Crippen LogP contribution in [-0.2, 0) is 0 Å². The van der Waals surface area contributed by atoms with Crippen molar-refractivity contribution in [1.29, 1.82) is 0 Å². The van der Waals surface area contributed by atoms with Crippen LogP contribution in [0.4, 0.5) is 8.78 Å². The van der Waals surface area contributed by atoms with E-state index in [1.165, 1.54) is 6.08 Å². The number of halogens is 2. The molecule has 0 aromatic heterocycles. The Morgan fingerprint density at radius 2 is 2.36 bits per heavy atom. The molecule has 1 saturated carbocycles. The lowest BCUT2D eigenvalue weighted by molar-refractivity contribution is 0.236. The van der Waals surface area contributed by atoms with E-state index >= 15 is 0 Å². The highest BCUT2D eigenvalue weighted by molar-refractivity contribution is 5.12. The molecule has 11 heavy (non-hydrogen) atoms. The maximum atomic E-state index is 12.8. The third kappa shape index (κ3) is 1.60. The van der Waals surface area contributed by atoms with Gasteiger partial charge in [0.15, 0.2) is 0 Å². The third-order valence-corrected chi connectivity index (χ3v) is 2.71. The Balaban J connectivity index is 2.40. The summed E-state index contributed by atoms with van der Waals surface area (Å²) in [6.45, 7) is 3.04. The van der Waals surface area contributed by atoms with Crippen LogP contribution in [0.25, 0.3) is 0 Å². The lowest BCUT2D eigenvalue weighted by atomic mass is 10.0. The second-order valence-electron chi connectivity index (χ2n) is 3.51. The topological polar surface area (TPSA) is 0 Å². The van der Waals surface area contributed by atoms with Gasteiger partial charge < -0.3 is 0 Å². The fraction of sp³-hybridized carbons (Fsp3) is 0.778. The molecule has 2 heteroatoms. The Bertz CT molecular complexity index is 163. The van der Waals surface area contributed by atoms with E-state index in [0.717, 1.165) is 6.42 Å². The van der Waals surface area contributed by atoms with Gasteiger partial charge in [-0.1, -0.05) is 19.1 Å². The lowest BCUT2D eigenvalue weighted by Crippen LogP contribution is -2.10. The van der Waals surface area contributed by atoms with Crippen LogP contribution in [0.15, 0.2) is 12.2 Å². The van der Waals surface area contributed by atoms with E-state index in [1.54, 1.807) is 13.0 Å². The van der Waals surface area contributed by atoms with Gasteiger partial charge in [-0.15, -0.1) is 0 Å². The van der Waals surface area contributed by atoms with Crippen LogP contribution < -0.4 is 0 Å². The molecule has 0 nitrogen and oxygen atoms in total. The number of alkyl halides is 2. The van der Waals surface area contributed by atoms with Gasteiger partial charge in [0, 0.05) is 5.41 Å². The van der Waals surface area contributed by atoms with E-state index in [-0.39, 0.29) is 11.3 Å². The molecule has 0 aromatic rings. The summed E-state index contributed by atoms with van der Waals surface area (Å²) in [7, 11) is 0. The maximum Gasteiger partial charge on any atom is 0.108 e. The van der Waals surface area contributed by atoms with E-state index in [2.05, 4.69) is 0 Å². The molecule has 0 aromatic carbocycles. The van der Waals surface area contributed by atoms with Crippen molar-refractivity contribution in [3.8, 4) is 0 Å². The largest absolute Gasteiger partial charge is 0.247 e. The van der Waals surface area contributed by atoms with Gasteiger partial charge in [0.2, 0.25) is 0 Å². The van der Waals surface area contributed by atoms with Crippen molar-refractivity contribution >= 4 is 0 Å². The van der Waals surface area contributed by atoms with Crippen LogP contribution in [0.1, 0.15) is 20.3 Å². The van der Waals surface area contributed by atoms with Gasteiger partial charge in [0.05, 0.1) is 0 Å². The van der Waals surface area contributed by atoms with Gasteiger partial charge in [-0.05, 0) is 19.3 Å². The molecule has 0 spiro atoms. The Labute approximate surface area is 66.3 Å². The summed E-state index contributed by atoms with van der Waals surface area (Å²) in [5, 5.41) is 0. The molecule has 0 saturated heterocycles. The average Bonchev–Trinajstić information content (AvgIpc) is 2.59. The van der Waals surface area contributed by atoms with E-state index in [9.17, 15) is 8.78 Å². The van der Waals surface area contributed by atoms with Crippen LogP contribution in [0, 0.1) is 11.3 Å². The van der Waals surface area contributed by atoms with E-state index in [0.29, 0.717) is 0 Å². The summed E-state index contributed by atoms with van der Waals surface area (Å²) >= 11 is 0. The minimum absolute atomic E-state index is 0.203. The van der Waals surface area contributed by atoms with Crippen LogP contribution in [0.3, 0.4) is 0 Å². The molecular formula is C9H14F2. The van der Waals surface area contributed by atoms with Gasteiger partial charge >= 0.3 is 0 Å². The monoisotopic (exact) mass is 160 g/mol. The van der Waals surface area contributed by atoms with Crippen molar-refractivity contribution in [2.24, 2.45) is 11.3 Å². The van der Waals surface area contributed by atoms with Crippen LogP contribution in [0.5, 0.6) is 0 Å². The molecule has 0 N–H and O–H groups in total. The van der Waals surface area contributed by atoms with Crippen LogP contribution in [0.2, 0.25) is 0 Å². The molecule has 0 bridgehead atoms. The zero-order valence-corrected chi connectivity index (χ0v) is 6.98. The van der Waals surface area contributed by atoms with Gasteiger partial charge in [0.25, 0.3) is 0 Å². The molecule has 1 rings (SSSR count). The number of allylic oxidation sites excluding steroid dienone is 2. The smallest absolute Gasteiger partial charge is 0.108 e. The fourth-order valence-electron chi connectivity index (χ4n) is 1.38. The molecule has 1 aliphatic rings. The van der Waals surface area contributed by atoms with Crippen molar-refractivity contribution < 1.29 is 8.78 Å². The van der Waals surface area contributed by atoms with Gasteiger partial charge in [0.1, 0.15) is 12.8 Å². The van der Waals surface area contributed by atoms with E-state index in [4.69, 9.17) is 0 Å². The predicted octanol–water partition coefficient (Wildman–Crippen LogP) is 2.90. The van der Waals surface area contributed by atoms with E-state index in [1.807, 2.05) is 6.92 Å². The zero-order chi connectivity index (χ0) is 8.48. The van der Waals surface area contributed by atoms with Crippen molar-refractivity contribution in [3.63, 3.8) is 0 Å². The third-order valence-electron chi connectivity index (χ3n) is 2.71. The summed E-state index contributed by atoms with van der Waals surface area (Å²) in [4.78, 5) is 0. The predicted molar refractivity (Wildman–Crippen MR) is 41.9 cm³/mol. The highest BCUT2D eigenvalue weighted by Crippen LogP contribution is 2.56. The average molecular weight is 160 g/mol. The van der Waals surface area contributed by atoms with Gasteiger partial charge in [-0.25, -0.2) is 8.78 Å². The normalized spacial score (nSPS) is 39.5. The fourth-order valence-corrected chi connectivity index (χ4v) is 1.38. The number of hydrogen-bond acceptors (Lipinski definition) is 0. The lowest BCUT2D eigenvalue weighted by Gasteiger charge is -2.09. The first-order chi connectivity index (χ1) is 5.11. The van der Waals surface area contributed by atoms with Crippen molar-refractivity contribution in [1.82, 2.24) is 0 Å². The summed E-state index contributed by atoms with van der Waals surface area (Å²) < 4.78 is 24.5.